The summed E-state index contributed by atoms with van der Waals surface area (Å²) in [5.41, 5.74) is 7.90. The Morgan fingerprint density at radius 2 is 1.71 bits per heavy atom. The Hall–Kier alpha value is -1.06. The number of halogens is 1. The van der Waals surface area contributed by atoms with Gasteiger partial charge in [0.25, 0.3) is 0 Å². The number of carbonyl (C=O) groups excluding carboxylic acids is 1. The summed E-state index contributed by atoms with van der Waals surface area (Å²) in [6.45, 7) is 5.92. The van der Waals surface area contributed by atoms with Crippen molar-refractivity contribution < 1.29 is 4.79 Å². The van der Waals surface area contributed by atoms with Gasteiger partial charge in [0.05, 0.1) is 6.04 Å². The zero-order chi connectivity index (χ0) is 12.3. The fourth-order valence-electron chi connectivity index (χ4n) is 1.40. The van der Waals surface area contributed by atoms with E-state index in [4.69, 9.17) is 5.73 Å². The Bertz CT molecular complexity index is 362. The Kier molecular flexibility index (Phi) is 6.21. The quantitative estimate of drug-likeness (QED) is 0.903. The van der Waals surface area contributed by atoms with Gasteiger partial charge in [0, 0.05) is 12.7 Å². The van der Waals surface area contributed by atoms with Crippen molar-refractivity contribution in [1.29, 1.82) is 0 Å². The van der Waals surface area contributed by atoms with E-state index < -0.39 is 6.04 Å². The number of amides is 1. The van der Waals surface area contributed by atoms with Gasteiger partial charge in [0.2, 0.25) is 5.91 Å². The zero-order valence-corrected chi connectivity index (χ0v) is 11.6. The van der Waals surface area contributed by atoms with Gasteiger partial charge >= 0.3 is 0 Å². The molecule has 1 aromatic rings. The van der Waals surface area contributed by atoms with Crippen LogP contribution in [-0.4, -0.2) is 19.0 Å². The second-order valence-electron chi connectivity index (χ2n) is 4.50. The van der Waals surface area contributed by atoms with Gasteiger partial charge in [-0.3, -0.25) is 4.79 Å². The summed E-state index contributed by atoms with van der Waals surface area (Å²) in [5.74, 6) is 0.110. The van der Waals surface area contributed by atoms with E-state index in [0.717, 1.165) is 5.69 Å². The van der Waals surface area contributed by atoms with Gasteiger partial charge in [0.15, 0.2) is 0 Å². The summed E-state index contributed by atoms with van der Waals surface area (Å²) in [6.07, 6.45) is 0. The summed E-state index contributed by atoms with van der Waals surface area (Å²) >= 11 is 0. The number of carbonyl (C=O) groups is 1. The molecule has 1 aromatic carbocycles. The monoisotopic (exact) mass is 256 g/mol. The first-order chi connectivity index (χ1) is 7.43. The second-order valence-corrected chi connectivity index (χ2v) is 4.50. The number of rotatable bonds is 3. The Morgan fingerprint density at radius 1 is 1.24 bits per heavy atom. The molecule has 0 saturated carbocycles. The van der Waals surface area contributed by atoms with E-state index in [1.54, 1.807) is 11.9 Å². The number of anilines is 1. The van der Waals surface area contributed by atoms with Crippen LogP contribution in [0.2, 0.25) is 0 Å². The summed E-state index contributed by atoms with van der Waals surface area (Å²) in [6, 6.07) is 7.40. The van der Waals surface area contributed by atoms with Gasteiger partial charge in [-0.15, -0.1) is 12.4 Å². The number of nitrogens with two attached hydrogens (primary N) is 1. The first kappa shape index (κ1) is 15.9. The number of nitrogens with zero attached hydrogens (tertiary/aromatic N) is 1. The Balaban J connectivity index is 0.00000256. The molecule has 2 N–H and O–H groups in total. The molecule has 17 heavy (non-hydrogen) atoms. The van der Waals surface area contributed by atoms with Crippen molar-refractivity contribution in [3.05, 3.63) is 29.8 Å². The minimum atomic E-state index is -0.439. The molecule has 0 saturated heterocycles. The van der Waals surface area contributed by atoms with Crippen LogP contribution in [-0.2, 0) is 4.79 Å². The van der Waals surface area contributed by atoms with E-state index in [2.05, 4.69) is 0 Å². The largest absolute Gasteiger partial charge is 0.320 e. The van der Waals surface area contributed by atoms with Crippen molar-refractivity contribution in [2.45, 2.75) is 26.8 Å². The maximum Gasteiger partial charge on any atom is 0.243 e. The highest BCUT2D eigenvalue weighted by Crippen LogP contribution is 2.15. The van der Waals surface area contributed by atoms with E-state index in [9.17, 15) is 4.79 Å². The topological polar surface area (TPSA) is 46.3 Å². The maximum atomic E-state index is 12.0. The molecular weight excluding hydrogens is 236 g/mol. The molecule has 0 fully saturated rings. The molecular formula is C13H21ClN2O. The fourth-order valence-corrected chi connectivity index (χ4v) is 1.40. The molecule has 0 aliphatic carbocycles. The third-order valence-corrected chi connectivity index (χ3v) is 2.76. The lowest BCUT2D eigenvalue weighted by Gasteiger charge is -2.23. The molecule has 3 nitrogen and oxygen atoms in total. The van der Waals surface area contributed by atoms with E-state index in [1.165, 1.54) is 5.56 Å². The van der Waals surface area contributed by atoms with Gasteiger partial charge in [0.1, 0.15) is 0 Å². The molecule has 1 atom stereocenters. The Morgan fingerprint density at radius 3 is 2.12 bits per heavy atom. The normalized spacial score (nSPS) is 11.9. The number of benzene rings is 1. The third kappa shape index (κ3) is 4.02. The standard InChI is InChI=1S/C13H20N2O.ClH/c1-9(2)12(14)13(16)15(4)11-7-5-10(3)6-8-11;/h5-9,12H,14H2,1-4H3;1H/t12-;/m1./s1. The lowest BCUT2D eigenvalue weighted by Crippen LogP contribution is -2.45. The van der Waals surface area contributed by atoms with E-state index in [0.29, 0.717) is 0 Å². The highest BCUT2D eigenvalue weighted by molar-refractivity contribution is 5.96. The molecule has 1 rings (SSSR count). The average Bonchev–Trinajstić information content (AvgIpc) is 2.27. The minimum absolute atomic E-state index is 0. The first-order valence-corrected chi connectivity index (χ1v) is 5.53. The molecule has 0 heterocycles. The predicted octanol–water partition coefficient (Wildman–Crippen LogP) is 2.36. The average molecular weight is 257 g/mol. The molecule has 0 bridgehead atoms. The number of hydrogen-bond acceptors (Lipinski definition) is 2. The molecule has 0 radical (unpaired) electrons. The summed E-state index contributed by atoms with van der Waals surface area (Å²) < 4.78 is 0. The first-order valence-electron chi connectivity index (χ1n) is 5.53. The lowest BCUT2D eigenvalue weighted by molar-refractivity contribution is -0.120. The van der Waals surface area contributed by atoms with Crippen LogP contribution in [0.3, 0.4) is 0 Å². The van der Waals surface area contributed by atoms with Gasteiger partial charge in [-0.05, 0) is 25.0 Å². The molecule has 0 unspecified atom stereocenters. The van der Waals surface area contributed by atoms with Crippen LogP contribution in [0, 0.1) is 12.8 Å². The van der Waals surface area contributed by atoms with Crippen molar-refractivity contribution in [2.24, 2.45) is 11.7 Å². The zero-order valence-electron chi connectivity index (χ0n) is 10.8. The molecule has 1 amide bonds. The Labute approximate surface area is 109 Å². The number of aryl methyl sites for hydroxylation is 1. The molecule has 0 spiro atoms. The van der Waals surface area contributed by atoms with Crippen LogP contribution >= 0.6 is 12.4 Å². The van der Waals surface area contributed by atoms with E-state index in [-0.39, 0.29) is 24.2 Å². The summed E-state index contributed by atoms with van der Waals surface area (Å²) in [7, 11) is 1.76. The van der Waals surface area contributed by atoms with E-state index in [1.807, 2.05) is 45.0 Å². The van der Waals surface area contributed by atoms with Crippen LogP contribution < -0.4 is 10.6 Å². The second kappa shape index (κ2) is 6.62. The van der Waals surface area contributed by atoms with Crippen molar-refractivity contribution >= 4 is 24.0 Å². The van der Waals surface area contributed by atoms with Crippen LogP contribution in [0.4, 0.5) is 5.69 Å². The smallest absolute Gasteiger partial charge is 0.243 e. The van der Waals surface area contributed by atoms with Gasteiger partial charge in [-0.25, -0.2) is 0 Å². The highest BCUT2D eigenvalue weighted by atomic mass is 35.5. The molecule has 4 heteroatoms. The number of hydrogen-bond donors (Lipinski definition) is 1. The predicted molar refractivity (Wildman–Crippen MR) is 74.7 cm³/mol. The van der Waals surface area contributed by atoms with Crippen LogP contribution in [0.25, 0.3) is 0 Å². The van der Waals surface area contributed by atoms with Crippen LogP contribution in [0.5, 0.6) is 0 Å². The van der Waals surface area contributed by atoms with Crippen LogP contribution in [0.1, 0.15) is 19.4 Å². The fraction of sp³-hybridized carbons (Fsp3) is 0.462. The van der Waals surface area contributed by atoms with Crippen molar-refractivity contribution in [2.75, 3.05) is 11.9 Å². The van der Waals surface area contributed by atoms with Gasteiger partial charge < -0.3 is 10.6 Å². The molecule has 0 aromatic heterocycles. The van der Waals surface area contributed by atoms with Crippen molar-refractivity contribution in [3.8, 4) is 0 Å². The van der Waals surface area contributed by atoms with E-state index >= 15 is 0 Å². The summed E-state index contributed by atoms with van der Waals surface area (Å²) in [4.78, 5) is 13.6. The van der Waals surface area contributed by atoms with Gasteiger partial charge in [-0.1, -0.05) is 31.5 Å². The minimum Gasteiger partial charge on any atom is -0.320 e. The number of likely N-dealkylation sites (N-methyl/N-ethyl adjacent to an activating group) is 1. The molecule has 0 aliphatic heterocycles. The third-order valence-electron chi connectivity index (χ3n) is 2.76. The molecule has 96 valence electrons. The lowest BCUT2D eigenvalue weighted by atomic mass is 10.0. The van der Waals surface area contributed by atoms with Crippen molar-refractivity contribution in [1.82, 2.24) is 0 Å². The van der Waals surface area contributed by atoms with Crippen LogP contribution in [0.15, 0.2) is 24.3 Å². The highest BCUT2D eigenvalue weighted by Gasteiger charge is 2.21. The SMILES string of the molecule is Cc1ccc(N(C)C(=O)[C@H](N)C(C)C)cc1.Cl. The molecule has 0 aliphatic rings. The van der Waals surface area contributed by atoms with Crippen molar-refractivity contribution in [3.63, 3.8) is 0 Å². The summed E-state index contributed by atoms with van der Waals surface area (Å²) in [5, 5.41) is 0. The van der Waals surface area contributed by atoms with Gasteiger partial charge in [-0.2, -0.15) is 0 Å². The maximum absolute atomic E-state index is 12.0.